The van der Waals surface area contributed by atoms with Crippen molar-refractivity contribution in [3.8, 4) is 0 Å². The summed E-state index contributed by atoms with van der Waals surface area (Å²) in [6.45, 7) is 3.92. The molecule has 15 heavy (non-hydrogen) atoms. The van der Waals surface area contributed by atoms with E-state index >= 15 is 0 Å². The summed E-state index contributed by atoms with van der Waals surface area (Å²) >= 11 is 0. The molecule has 1 fully saturated rings. The first-order chi connectivity index (χ1) is 7.10. The lowest BCUT2D eigenvalue weighted by Gasteiger charge is -2.33. The van der Waals surface area contributed by atoms with Gasteiger partial charge < -0.3 is 5.11 Å². The fourth-order valence-corrected chi connectivity index (χ4v) is 2.07. The van der Waals surface area contributed by atoms with Gasteiger partial charge in [-0.25, -0.2) is 4.39 Å². The van der Waals surface area contributed by atoms with Crippen LogP contribution in [0.1, 0.15) is 31.2 Å². The minimum absolute atomic E-state index is 0.262. The van der Waals surface area contributed by atoms with Gasteiger partial charge in [-0.05, 0) is 43.4 Å². The summed E-state index contributed by atoms with van der Waals surface area (Å²) in [4.78, 5) is 0. The van der Waals surface area contributed by atoms with E-state index in [0.717, 1.165) is 18.4 Å². The summed E-state index contributed by atoms with van der Waals surface area (Å²) < 4.78 is 12.7. The number of aliphatic hydroxyl groups is 1. The number of hydrogen-bond acceptors (Lipinski definition) is 1. The molecule has 0 bridgehead atoms. The molecule has 0 amide bonds. The highest BCUT2D eigenvalue weighted by Crippen LogP contribution is 2.38. The van der Waals surface area contributed by atoms with Gasteiger partial charge in [-0.1, -0.05) is 24.3 Å². The second kappa shape index (κ2) is 3.78. The van der Waals surface area contributed by atoms with E-state index in [1.165, 1.54) is 17.7 Å². The molecule has 80 valence electrons. The van der Waals surface area contributed by atoms with Crippen molar-refractivity contribution in [3.05, 3.63) is 47.8 Å². The van der Waals surface area contributed by atoms with Crippen molar-refractivity contribution in [1.29, 1.82) is 0 Å². The van der Waals surface area contributed by atoms with E-state index in [-0.39, 0.29) is 5.82 Å². The van der Waals surface area contributed by atoms with Crippen LogP contribution in [0.4, 0.5) is 4.39 Å². The second-order valence-electron chi connectivity index (χ2n) is 4.29. The van der Waals surface area contributed by atoms with Crippen molar-refractivity contribution in [2.45, 2.75) is 31.3 Å². The largest absolute Gasteiger partial charge is 0.385 e. The quantitative estimate of drug-likeness (QED) is 0.700. The number of hydrogen-bond donors (Lipinski definition) is 1. The van der Waals surface area contributed by atoms with E-state index in [4.69, 9.17) is 0 Å². The van der Waals surface area contributed by atoms with Crippen LogP contribution in [-0.2, 0) is 5.60 Å². The molecule has 0 aromatic heterocycles. The maximum Gasteiger partial charge on any atom is 0.123 e. The van der Waals surface area contributed by atoms with Gasteiger partial charge >= 0.3 is 0 Å². The zero-order chi connectivity index (χ0) is 10.9. The molecule has 2 rings (SSSR count). The molecular formula is C13H15FO. The van der Waals surface area contributed by atoms with Gasteiger partial charge in [0, 0.05) is 0 Å². The number of benzene rings is 1. The highest BCUT2D eigenvalue weighted by atomic mass is 19.1. The predicted molar refractivity (Wildman–Crippen MR) is 57.9 cm³/mol. The Morgan fingerprint density at radius 2 is 1.67 bits per heavy atom. The van der Waals surface area contributed by atoms with Crippen LogP contribution in [-0.4, -0.2) is 5.11 Å². The van der Waals surface area contributed by atoms with Crippen molar-refractivity contribution in [2.75, 3.05) is 0 Å². The fourth-order valence-electron chi connectivity index (χ4n) is 2.07. The van der Waals surface area contributed by atoms with Crippen molar-refractivity contribution < 1.29 is 9.50 Å². The van der Waals surface area contributed by atoms with E-state index < -0.39 is 5.60 Å². The lowest BCUT2D eigenvalue weighted by molar-refractivity contribution is 0.00935. The summed E-state index contributed by atoms with van der Waals surface area (Å²) in [5, 5.41) is 10.4. The van der Waals surface area contributed by atoms with E-state index in [1.807, 2.05) is 0 Å². The van der Waals surface area contributed by atoms with Gasteiger partial charge in [-0.2, -0.15) is 0 Å². The van der Waals surface area contributed by atoms with E-state index in [0.29, 0.717) is 12.8 Å². The van der Waals surface area contributed by atoms with Gasteiger partial charge in [-0.15, -0.1) is 0 Å². The van der Waals surface area contributed by atoms with Crippen molar-refractivity contribution in [3.63, 3.8) is 0 Å². The fraction of sp³-hybridized carbons (Fsp3) is 0.385. The molecule has 1 aromatic rings. The van der Waals surface area contributed by atoms with Crippen LogP contribution in [0, 0.1) is 5.82 Å². The molecule has 1 aromatic carbocycles. The summed E-state index contributed by atoms with van der Waals surface area (Å²) in [5.74, 6) is -0.262. The summed E-state index contributed by atoms with van der Waals surface area (Å²) in [6.07, 6.45) is 3.09. The molecule has 0 saturated heterocycles. The first-order valence-electron chi connectivity index (χ1n) is 5.25. The molecule has 0 spiro atoms. The zero-order valence-corrected chi connectivity index (χ0v) is 8.67. The van der Waals surface area contributed by atoms with E-state index in [9.17, 15) is 9.50 Å². The monoisotopic (exact) mass is 206 g/mol. The molecule has 1 nitrogen and oxygen atoms in total. The molecule has 1 aliphatic carbocycles. The van der Waals surface area contributed by atoms with Crippen LogP contribution in [0.2, 0.25) is 0 Å². The molecule has 0 radical (unpaired) electrons. The lowest BCUT2D eigenvalue weighted by atomic mass is 9.78. The van der Waals surface area contributed by atoms with Crippen molar-refractivity contribution in [2.24, 2.45) is 0 Å². The Labute approximate surface area is 89.3 Å². The Balaban J connectivity index is 2.22. The molecule has 1 saturated carbocycles. The molecule has 0 atom stereocenters. The summed E-state index contributed by atoms with van der Waals surface area (Å²) in [5.41, 5.74) is 1.23. The van der Waals surface area contributed by atoms with Gasteiger partial charge in [0.25, 0.3) is 0 Å². The van der Waals surface area contributed by atoms with Gasteiger partial charge in [-0.3, -0.25) is 0 Å². The zero-order valence-electron chi connectivity index (χ0n) is 8.67. The van der Waals surface area contributed by atoms with Crippen molar-refractivity contribution in [1.82, 2.24) is 0 Å². The number of rotatable bonds is 1. The smallest absolute Gasteiger partial charge is 0.123 e. The maximum absolute atomic E-state index is 12.7. The highest BCUT2D eigenvalue weighted by molar-refractivity contribution is 5.25. The normalized spacial score (nSPS) is 20.3. The molecule has 0 aliphatic heterocycles. The average Bonchev–Trinajstić information content (AvgIpc) is 2.24. The lowest BCUT2D eigenvalue weighted by Crippen LogP contribution is -2.28. The predicted octanol–water partition coefficient (Wildman–Crippen LogP) is 3.14. The molecule has 0 unspecified atom stereocenters. The highest BCUT2D eigenvalue weighted by Gasteiger charge is 2.31. The van der Waals surface area contributed by atoms with Crippen LogP contribution in [0.15, 0.2) is 36.4 Å². The molecular weight excluding hydrogens is 191 g/mol. The third-order valence-electron chi connectivity index (χ3n) is 3.17. The third-order valence-corrected chi connectivity index (χ3v) is 3.17. The Morgan fingerprint density at radius 1 is 1.13 bits per heavy atom. The SMILES string of the molecule is C=C1CCC(O)(c2ccc(F)cc2)CC1. The maximum atomic E-state index is 12.7. The van der Waals surface area contributed by atoms with Gasteiger partial charge in [0.1, 0.15) is 5.82 Å². The van der Waals surface area contributed by atoms with Crippen LogP contribution >= 0.6 is 0 Å². The van der Waals surface area contributed by atoms with Crippen LogP contribution in [0.3, 0.4) is 0 Å². The van der Waals surface area contributed by atoms with Crippen LogP contribution < -0.4 is 0 Å². The van der Waals surface area contributed by atoms with E-state index in [2.05, 4.69) is 6.58 Å². The van der Waals surface area contributed by atoms with Crippen LogP contribution in [0.5, 0.6) is 0 Å². The number of allylic oxidation sites excluding steroid dienone is 1. The van der Waals surface area contributed by atoms with Crippen LogP contribution in [0.25, 0.3) is 0 Å². The average molecular weight is 206 g/mol. The minimum atomic E-state index is -0.783. The molecule has 2 heteroatoms. The Morgan fingerprint density at radius 3 is 2.20 bits per heavy atom. The molecule has 0 heterocycles. The number of halogens is 1. The Bertz CT molecular complexity index is 357. The standard InChI is InChI=1S/C13H15FO/c1-10-6-8-13(15,9-7-10)11-2-4-12(14)5-3-11/h2-5,15H,1,6-9H2. The Kier molecular flexibility index (Phi) is 2.61. The minimum Gasteiger partial charge on any atom is -0.385 e. The van der Waals surface area contributed by atoms with Gasteiger partial charge in [0.15, 0.2) is 0 Å². The topological polar surface area (TPSA) is 20.2 Å². The third kappa shape index (κ3) is 2.10. The summed E-state index contributed by atoms with van der Waals surface area (Å²) in [6, 6.07) is 6.14. The molecule has 1 N–H and O–H groups in total. The van der Waals surface area contributed by atoms with E-state index in [1.54, 1.807) is 12.1 Å². The second-order valence-corrected chi connectivity index (χ2v) is 4.29. The first kappa shape index (κ1) is 10.4. The first-order valence-corrected chi connectivity index (χ1v) is 5.25. The van der Waals surface area contributed by atoms with Crippen molar-refractivity contribution >= 4 is 0 Å². The molecule has 1 aliphatic rings. The Hall–Kier alpha value is -1.15. The van der Waals surface area contributed by atoms with Gasteiger partial charge in [0.05, 0.1) is 5.60 Å². The summed E-state index contributed by atoms with van der Waals surface area (Å²) in [7, 11) is 0. The van der Waals surface area contributed by atoms with Gasteiger partial charge in [0.2, 0.25) is 0 Å².